The molecule has 21 heavy (non-hydrogen) atoms. The number of rotatable bonds is 5. The zero-order chi connectivity index (χ0) is 14.8. The first-order chi connectivity index (χ1) is 10.2. The number of benzene rings is 1. The Balaban J connectivity index is 1.79. The van der Waals surface area contributed by atoms with Gasteiger partial charge in [-0.05, 0) is 24.6 Å². The molecular formula is C16H22N4O. The highest BCUT2D eigenvalue weighted by molar-refractivity contribution is 5.60. The lowest BCUT2D eigenvalue weighted by molar-refractivity contribution is 0.369. The zero-order valence-corrected chi connectivity index (χ0v) is 12.6. The number of nitrogens with two attached hydrogens (primary N) is 1. The van der Waals surface area contributed by atoms with E-state index in [2.05, 4.69) is 53.2 Å². The Hall–Kier alpha value is -1.88. The van der Waals surface area contributed by atoms with E-state index in [9.17, 15) is 0 Å². The maximum Gasteiger partial charge on any atom is 0.246 e. The first kappa shape index (κ1) is 14.1. The smallest absolute Gasteiger partial charge is 0.246 e. The minimum Gasteiger partial charge on any atom is -0.361 e. The standard InChI is InChI=1S/C16H22N4O/c1-11(2)16-18-15(21-19-16)10-20-9-12(7-8-17)13-5-3-4-6-14(13)20/h3-6,11-12H,7-10,17H2,1-2H3. The number of para-hydroxylation sites is 1. The number of aromatic nitrogens is 2. The van der Waals surface area contributed by atoms with Crippen molar-refractivity contribution in [2.45, 2.75) is 38.6 Å². The van der Waals surface area contributed by atoms with Gasteiger partial charge in [-0.3, -0.25) is 0 Å². The topological polar surface area (TPSA) is 68.2 Å². The van der Waals surface area contributed by atoms with Crippen molar-refractivity contribution in [3.63, 3.8) is 0 Å². The van der Waals surface area contributed by atoms with Gasteiger partial charge in [-0.25, -0.2) is 0 Å². The third-order valence-corrected chi connectivity index (χ3v) is 4.00. The molecule has 0 saturated heterocycles. The van der Waals surface area contributed by atoms with Gasteiger partial charge in [-0.1, -0.05) is 37.2 Å². The van der Waals surface area contributed by atoms with Crippen LogP contribution in [0.25, 0.3) is 0 Å². The molecule has 0 radical (unpaired) electrons. The number of hydrogen-bond acceptors (Lipinski definition) is 5. The van der Waals surface area contributed by atoms with Crippen LogP contribution >= 0.6 is 0 Å². The lowest BCUT2D eigenvalue weighted by Crippen LogP contribution is -2.22. The molecular weight excluding hydrogens is 264 g/mol. The zero-order valence-electron chi connectivity index (χ0n) is 12.6. The van der Waals surface area contributed by atoms with Crippen molar-refractivity contribution >= 4 is 5.69 Å². The van der Waals surface area contributed by atoms with E-state index in [1.807, 2.05) is 0 Å². The summed E-state index contributed by atoms with van der Waals surface area (Å²) in [6, 6.07) is 8.52. The molecule has 2 aromatic rings. The van der Waals surface area contributed by atoms with E-state index < -0.39 is 0 Å². The van der Waals surface area contributed by atoms with Gasteiger partial charge in [0.1, 0.15) is 0 Å². The summed E-state index contributed by atoms with van der Waals surface area (Å²) in [6.45, 7) is 6.48. The van der Waals surface area contributed by atoms with Crippen LogP contribution in [0.5, 0.6) is 0 Å². The number of nitrogens with zero attached hydrogens (tertiary/aromatic N) is 3. The summed E-state index contributed by atoms with van der Waals surface area (Å²) < 4.78 is 5.37. The SMILES string of the molecule is CC(C)c1noc(CN2CC(CCN)c3ccccc32)n1. The van der Waals surface area contributed by atoms with Crippen molar-refractivity contribution in [1.82, 2.24) is 10.1 Å². The minimum absolute atomic E-state index is 0.290. The maximum atomic E-state index is 5.74. The lowest BCUT2D eigenvalue weighted by atomic mass is 9.98. The van der Waals surface area contributed by atoms with E-state index in [1.165, 1.54) is 11.3 Å². The molecule has 1 atom stereocenters. The summed E-state index contributed by atoms with van der Waals surface area (Å²) >= 11 is 0. The van der Waals surface area contributed by atoms with Gasteiger partial charge >= 0.3 is 0 Å². The molecule has 0 amide bonds. The molecule has 2 heterocycles. The Morgan fingerprint density at radius 3 is 2.90 bits per heavy atom. The van der Waals surface area contributed by atoms with Crippen LogP contribution in [0, 0.1) is 0 Å². The largest absolute Gasteiger partial charge is 0.361 e. The van der Waals surface area contributed by atoms with Gasteiger partial charge in [0.25, 0.3) is 0 Å². The molecule has 2 N–H and O–H groups in total. The van der Waals surface area contributed by atoms with E-state index in [0.717, 1.165) is 18.8 Å². The van der Waals surface area contributed by atoms with Crippen LogP contribution in [-0.2, 0) is 6.54 Å². The highest BCUT2D eigenvalue weighted by Gasteiger charge is 2.28. The Bertz CT molecular complexity index is 608. The third kappa shape index (κ3) is 2.78. The molecule has 1 aliphatic heterocycles. The molecule has 0 bridgehead atoms. The van der Waals surface area contributed by atoms with E-state index in [-0.39, 0.29) is 0 Å². The van der Waals surface area contributed by atoms with Crippen LogP contribution in [0.2, 0.25) is 0 Å². The summed E-state index contributed by atoms with van der Waals surface area (Å²) in [6.07, 6.45) is 1.01. The molecule has 1 aromatic heterocycles. The molecule has 1 unspecified atom stereocenters. The van der Waals surface area contributed by atoms with Crippen LogP contribution < -0.4 is 10.6 Å². The van der Waals surface area contributed by atoms with E-state index >= 15 is 0 Å². The van der Waals surface area contributed by atoms with Gasteiger partial charge in [0.05, 0.1) is 6.54 Å². The molecule has 5 nitrogen and oxygen atoms in total. The van der Waals surface area contributed by atoms with Crippen molar-refractivity contribution in [2.24, 2.45) is 5.73 Å². The number of hydrogen-bond donors (Lipinski definition) is 1. The second-order valence-corrected chi connectivity index (χ2v) is 5.91. The normalized spacial score (nSPS) is 17.5. The fourth-order valence-electron chi connectivity index (χ4n) is 2.91. The Morgan fingerprint density at radius 2 is 2.19 bits per heavy atom. The first-order valence-corrected chi connectivity index (χ1v) is 7.55. The van der Waals surface area contributed by atoms with Crippen LogP contribution in [0.4, 0.5) is 5.69 Å². The summed E-state index contributed by atoms with van der Waals surface area (Å²) in [5.41, 5.74) is 8.39. The quantitative estimate of drug-likeness (QED) is 0.915. The van der Waals surface area contributed by atoms with E-state index in [4.69, 9.17) is 10.3 Å². The summed E-state index contributed by atoms with van der Waals surface area (Å²) in [7, 11) is 0. The number of anilines is 1. The second-order valence-electron chi connectivity index (χ2n) is 5.91. The fourth-order valence-corrected chi connectivity index (χ4v) is 2.91. The summed E-state index contributed by atoms with van der Waals surface area (Å²) in [5.74, 6) is 2.25. The molecule has 0 spiro atoms. The van der Waals surface area contributed by atoms with E-state index in [1.54, 1.807) is 0 Å². The van der Waals surface area contributed by atoms with Gasteiger partial charge in [0, 0.05) is 24.1 Å². The molecule has 3 rings (SSSR count). The third-order valence-electron chi connectivity index (χ3n) is 4.00. The summed E-state index contributed by atoms with van der Waals surface area (Å²) in [4.78, 5) is 6.79. The first-order valence-electron chi connectivity index (χ1n) is 7.55. The van der Waals surface area contributed by atoms with Crippen LogP contribution in [0.1, 0.15) is 49.4 Å². The summed E-state index contributed by atoms with van der Waals surface area (Å²) in [5, 5.41) is 4.04. The van der Waals surface area contributed by atoms with Crippen molar-refractivity contribution in [3.8, 4) is 0 Å². The van der Waals surface area contributed by atoms with E-state index in [0.29, 0.717) is 30.8 Å². The molecule has 0 saturated carbocycles. The van der Waals surface area contributed by atoms with Crippen molar-refractivity contribution in [2.75, 3.05) is 18.0 Å². The monoisotopic (exact) mass is 286 g/mol. The van der Waals surface area contributed by atoms with Gasteiger partial charge < -0.3 is 15.2 Å². The van der Waals surface area contributed by atoms with Gasteiger partial charge in [0.2, 0.25) is 5.89 Å². The molecule has 0 aliphatic carbocycles. The van der Waals surface area contributed by atoms with Crippen LogP contribution in [-0.4, -0.2) is 23.2 Å². The lowest BCUT2D eigenvalue weighted by Gasteiger charge is -2.17. The Labute approximate surface area is 125 Å². The molecule has 112 valence electrons. The predicted molar refractivity (Wildman–Crippen MR) is 82.3 cm³/mol. The highest BCUT2D eigenvalue weighted by atomic mass is 16.5. The van der Waals surface area contributed by atoms with Gasteiger partial charge in [-0.2, -0.15) is 4.98 Å². The molecule has 5 heteroatoms. The predicted octanol–water partition coefficient (Wildman–Crippen LogP) is 2.65. The van der Waals surface area contributed by atoms with Gasteiger partial charge in [0.15, 0.2) is 5.82 Å². The van der Waals surface area contributed by atoms with Crippen molar-refractivity contribution in [3.05, 3.63) is 41.5 Å². The average Bonchev–Trinajstić information content (AvgIpc) is 3.07. The minimum atomic E-state index is 0.290. The van der Waals surface area contributed by atoms with Crippen LogP contribution in [0.15, 0.2) is 28.8 Å². The van der Waals surface area contributed by atoms with Crippen molar-refractivity contribution in [1.29, 1.82) is 0 Å². The average molecular weight is 286 g/mol. The van der Waals surface area contributed by atoms with Crippen LogP contribution in [0.3, 0.4) is 0 Å². The Morgan fingerprint density at radius 1 is 1.38 bits per heavy atom. The molecule has 0 fully saturated rings. The second kappa shape index (κ2) is 5.85. The Kier molecular flexibility index (Phi) is 3.92. The highest BCUT2D eigenvalue weighted by Crippen LogP contribution is 2.38. The molecule has 1 aromatic carbocycles. The fraction of sp³-hybridized carbons (Fsp3) is 0.500. The van der Waals surface area contributed by atoms with Crippen molar-refractivity contribution < 1.29 is 4.52 Å². The maximum absolute atomic E-state index is 5.74. The number of fused-ring (bicyclic) bond motifs is 1. The molecule has 1 aliphatic rings. The van der Waals surface area contributed by atoms with Gasteiger partial charge in [-0.15, -0.1) is 0 Å².